The summed E-state index contributed by atoms with van der Waals surface area (Å²) in [4.78, 5) is 23.8. The minimum Gasteiger partial charge on any atom is -0.452 e. The minimum absolute atomic E-state index is 0.122. The first-order valence-corrected chi connectivity index (χ1v) is 8.00. The van der Waals surface area contributed by atoms with Crippen LogP contribution in [-0.2, 0) is 27.1 Å². The minimum atomic E-state index is -4.70. The predicted octanol–water partition coefficient (Wildman–Crippen LogP) is 4.30. The van der Waals surface area contributed by atoms with Gasteiger partial charge in [-0.25, -0.2) is 4.79 Å². The number of alkyl halides is 3. The van der Waals surface area contributed by atoms with Crippen LogP contribution in [-0.4, -0.2) is 25.6 Å². The Balaban J connectivity index is 1.97. The molecule has 0 aliphatic heterocycles. The molecule has 2 rings (SSSR count). The van der Waals surface area contributed by atoms with Crippen molar-refractivity contribution in [3.05, 3.63) is 64.2 Å². The van der Waals surface area contributed by atoms with Gasteiger partial charge in [-0.3, -0.25) is 4.79 Å². The number of nitrogens with one attached hydrogen (secondary N) is 1. The zero-order chi connectivity index (χ0) is 20.0. The van der Waals surface area contributed by atoms with Gasteiger partial charge in [-0.05, 0) is 35.9 Å². The van der Waals surface area contributed by atoms with Crippen molar-refractivity contribution in [2.24, 2.45) is 0 Å². The molecule has 0 saturated heterocycles. The second kappa shape index (κ2) is 8.88. The van der Waals surface area contributed by atoms with Crippen molar-refractivity contribution in [3.63, 3.8) is 0 Å². The first-order valence-electron chi connectivity index (χ1n) is 7.62. The van der Waals surface area contributed by atoms with E-state index in [1.807, 2.05) is 0 Å². The number of benzene rings is 2. The van der Waals surface area contributed by atoms with Gasteiger partial charge in [0.05, 0.1) is 23.4 Å². The highest BCUT2D eigenvalue weighted by Gasteiger charge is 2.34. The van der Waals surface area contributed by atoms with E-state index in [-0.39, 0.29) is 10.6 Å². The predicted molar refractivity (Wildman–Crippen MR) is 92.5 cm³/mol. The summed E-state index contributed by atoms with van der Waals surface area (Å²) in [6, 6.07) is 9.24. The number of amides is 1. The lowest BCUT2D eigenvalue weighted by Crippen LogP contribution is -2.22. The molecule has 5 nitrogen and oxygen atoms in total. The molecule has 27 heavy (non-hydrogen) atoms. The van der Waals surface area contributed by atoms with Crippen molar-refractivity contribution in [1.82, 2.24) is 0 Å². The van der Waals surface area contributed by atoms with Gasteiger partial charge in [-0.1, -0.05) is 23.7 Å². The fourth-order valence-electron chi connectivity index (χ4n) is 2.16. The Morgan fingerprint density at radius 1 is 1.11 bits per heavy atom. The summed E-state index contributed by atoms with van der Waals surface area (Å²) >= 11 is 5.57. The summed E-state index contributed by atoms with van der Waals surface area (Å²) in [6.07, 6.45) is -4.70. The molecule has 2 aromatic rings. The van der Waals surface area contributed by atoms with Crippen molar-refractivity contribution in [1.29, 1.82) is 0 Å². The molecule has 0 aliphatic rings. The number of ether oxygens (including phenoxy) is 2. The van der Waals surface area contributed by atoms with E-state index < -0.39 is 35.9 Å². The van der Waals surface area contributed by atoms with E-state index in [0.717, 1.165) is 11.6 Å². The number of hydrogen-bond donors (Lipinski definition) is 1. The van der Waals surface area contributed by atoms with Gasteiger partial charge in [-0.15, -0.1) is 0 Å². The molecule has 0 bridgehead atoms. The largest absolute Gasteiger partial charge is 0.452 e. The number of halogens is 4. The molecule has 0 radical (unpaired) electrons. The number of rotatable bonds is 6. The number of methoxy groups -OCH3 is 1. The van der Waals surface area contributed by atoms with Crippen molar-refractivity contribution in [3.8, 4) is 0 Å². The number of carbonyl (C=O) groups excluding carboxylic acids is 2. The molecule has 9 heteroatoms. The Morgan fingerprint density at radius 3 is 2.37 bits per heavy atom. The monoisotopic (exact) mass is 401 g/mol. The molecule has 0 fully saturated rings. The molecular weight excluding hydrogens is 387 g/mol. The summed E-state index contributed by atoms with van der Waals surface area (Å²) in [6.45, 7) is -0.362. The highest BCUT2D eigenvalue weighted by Crippen LogP contribution is 2.36. The van der Waals surface area contributed by atoms with Crippen LogP contribution in [0.25, 0.3) is 0 Å². The maximum Gasteiger partial charge on any atom is 0.418 e. The summed E-state index contributed by atoms with van der Waals surface area (Å²) < 4.78 is 48.8. The average Bonchev–Trinajstić information content (AvgIpc) is 2.61. The zero-order valence-electron chi connectivity index (χ0n) is 14.1. The molecular formula is C18H15ClF3NO4. The Labute approximate surface area is 158 Å². The molecule has 144 valence electrons. The molecule has 2 aromatic carbocycles. The van der Waals surface area contributed by atoms with Gasteiger partial charge in [0.15, 0.2) is 6.61 Å². The van der Waals surface area contributed by atoms with Gasteiger partial charge in [0, 0.05) is 12.1 Å². The Kier molecular flexibility index (Phi) is 6.81. The quantitative estimate of drug-likeness (QED) is 0.733. The van der Waals surface area contributed by atoms with Gasteiger partial charge >= 0.3 is 12.1 Å². The smallest absolute Gasteiger partial charge is 0.418 e. The van der Waals surface area contributed by atoms with Crippen LogP contribution in [0.15, 0.2) is 42.5 Å². The van der Waals surface area contributed by atoms with E-state index in [4.69, 9.17) is 21.1 Å². The van der Waals surface area contributed by atoms with E-state index in [9.17, 15) is 22.8 Å². The maximum absolute atomic E-state index is 13.0. The average molecular weight is 402 g/mol. The fraction of sp³-hybridized carbons (Fsp3) is 0.222. The van der Waals surface area contributed by atoms with Crippen LogP contribution in [0.2, 0.25) is 5.02 Å². The second-order valence-electron chi connectivity index (χ2n) is 5.44. The lowest BCUT2D eigenvalue weighted by Gasteiger charge is -2.14. The first-order chi connectivity index (χ1) is 12.7. The molecule has 0 aliphatic carbocycles. The van der Waals surface area contributed by atoms with Gasteiger partial charge in [-0.2, -0.15) is 13.2 Å². The summed E-state index contributed by atoms with van der Waals surface area (Å²) in [5.74, 6) is -1.69. The lowest BCUT2D eigenvalue weighted by molar-refractivity contribution is -0.137. The molecule has 0 spiro atoms. The summed E-state index contributed by atoms with van der Waals surface area (Å²) in [5, 5.41) is 1.94. The van der Waals surface area contributed by atoms with Crippen LogP contribution in [0.3, 0.4) is 0 Å². The van der Waals surface area contributed by atoms with Gasteiger partial charge in [0.25, 0.3) is 5.91 Å². The summed E-state index contributed by atoms with van der Waals surface area (Å²) in [5.41, 5.74) is -0.528. The molecule has 0 atom stereocenters. The Bertz CT molecular complexity index is 822. The van der Waals surface area contributed by atoms with Crippen LogP contribution in [0.4, 0.5) is 18.9 Å². The number of carbonyl (C=O) groups is 2. The summed E-state index contributed by atoms with van der Waals surface area (Å²) in [7, 11) is 1.53. The van der Waals surface area contributed by atoms with Crippen LogP contribution in [0.1, 0.15) is 21.5 Å². The van der Waals surface area contributed by atoms with Crippen molar-refractivity contribution in [2.45, 2.75) is 12.8 Å². The first kappa shape index (κ1) is 20.7. The van der Waals surface area contributed by atoms with E-state index in [1.165, 1.54) is 25.3 Å². The molecule has 1 amide bonds. The SMILES string of the molecule is COCc1ccc(C(=O)OCC(=O)Nc2ccc(Cl)cc2C(F)(F)F)cc1. The van der Waals surface area contributed by atoms with Gasteiger partial charge < -0.3 is 14.8 Å². The van der Waals surface area contributed by atoms with Gasteiger partial charge in [0.1, 0.15) is 0 Å². The van der Waals surface area contributed by atoms with Crippen LogP contribution >= 0.6 is 11.6 Å². The molecule has 1 N–H and O–H groups in total. The van der Waals surface area contributed by atoms with Crippen molar-refractivity contribution in [2.75, 3.05) is 19.0 Å². The van der Waals surface area contributed by atoms with Crippen molar-refractivity contribution < 1.29 is 32.2 Å². The number of esters is 1. The molecule has 0 aromatic heterocycles. The van der Waals surface area contributed by atoms with E-state index in [1.54, 1.807) is 12.1 Å². The van der Waals surface area contributed by atoms with E-state index in [0.29, 0.717) is 12.7 Å². The highest BCUT2D eigenvalue weighted by atomic mass is 35.5. The highest BCUT2D eigenvalue weighted by molar-refractivity contribution is 6.30. The standard InChI is InChI=1S/C18H15ClF3NO4/c1-26-9-11-2-4-12(5-3-11)17(25)27-10-16(24)23-15-7-6-13(19)8-14(15)18(20,21)22/h2-8H,9-10H2,1H3,(H,23,24). The number of hydrogen-bond acceptors (Lipinski definition) is 4. The van der Waals surface area contributed by atoms with E-state index >= 15 is 0 Å². The Morgan fingerprint density at radius 2 is 1.78 bits per heavy atom. The van der Waals surface area contributed by atoms with Crippen LogP contribution in [0.5, 0.6) is 0 Å². The normalized spacial score (nSPS) is 11.1. The van der Waals surface area contributed by atoms with E-state index in [2.05, 4.69) is 5.32 Å². The third-order valence-electron chi connectivity index (χ3n) is 3.40. The van der Waals surface area contributed by atoms with Crippen LogP contribution in [0, 0.1) is 0 Å². The Hall–Kier alpha value is -2.58. The maximum atomic E-state index is 13.0. The zero-order valence-corrected chi connectivity index (χ0v) is 14.9. The van der Waals surface area contributed by atoms with Crippen LogP contribution < -0.4 is 5.32 Å². The molecule has 0 unspecified atom stereocenters. The molecule has 0 saturated carbocycles. The van der Waals surface area contributed by atoms with Crippen molar-refractivity contribution >= 4 is 29.2 Å². The number of anilines is 1. The lowest BCUT2D eigenvalue weighted by atomic mass is 10.1. The fourth-order valence-corrected chi connectivity index (χ4v) is 2.34. The second-order valence-corrected chi connectivity index (χ2v) is 5.88. The third kappa shape index (κ3) is 5.97. The topological polar surface area (TPSA) is 64.6 Å². The third-order valence-corrected chi connectivity index (χ3v) is 3.63. The molecule has 0 heterocycles. The van der Waals surface area contributed by atoms with Gasteiger partial charge in [0.2, 0.25) is 0 Å².